The van der Waals surface area contributed by atoms with Crippen molar-refractivity contribution >= 4 is 84.4 Å². The molecule has 6 aromatic rings. The number of ether oxygens (including phenoxy) is 3. The van der Waals surface area contributed by atoms with Gasteiger partial charge in [-0.3, -0.25) is 18.9 Å². The molecular formula is C40H42N6O12S6. The fourth-order valence-electron chi connectivity index (χ4n) is 6.76. The average molecular weight is 991 g/mol. The van der Waals surface area contributed by atoms with Gasteiger partial charge in [0.2, 0.25) is 31.1 Å². The van der Waals surface area contributed by atoms with Crippen molar-refractivity contribution in [1.82, 2.24) is 9.97 Å². The summed E-state index contributed by atoms with van der Waals surface area (Å²) >= 11 is 1.97. The molecule has 0 amide bonds. The lowest BCUT2D eigenvalue weighted by atomic mass is 10.0. The van der Waals surface area contributed by atoms with Crippen molar-refractivity contribution < 1.29 is 53.0 Å². The second-order valence-electron chi connectivity index (χ2n) is 14.5. The number of aryl methyl sites for hydroxylation is 1. The van der Waals surface area contributed by atoms with Gasteiger partial charge in [-0.05, 0) is 116 Å². The minimum Gasteiger partial charge on any atom is -0.508 e. The second-order valence-corrected chi connectivity index (χ2v) is 23.5. The van der Waals surface area contributed by atoms with E-state index in [2.05, 4.69) is 28.9 Å². The molecule has 1 aliphatic rings. The first-order chi connectivity index (χ1) is 30.2. The molecule has 1 saturated carbocycles. The van der Waals surface area contributed by atoms with Crippen molar-refractivity contribution in [3.63, 3.8) is 0 Å². The zero-order valence-electron chi connectivity index (χ0n) is 34.5. The van der Waals surface area contributed by atoms with Crippen LogP contribution >= 0.6 is 22.7 Å². The molecule has 64 heavy (non-hydrogen) atoms. The van der Waals surface area contributed by atoms with E-state index in [1.165, 1.54) is 87.0 Å². The summed E-state index contributed by atoms with van der Waals surface area (Å²) in [4.78, 5) is 9.10. The zero-order chi connectivity index (χ0) is 46.0. The van der Waals surface area contributed by atoms with Crippen molar-refractivity contribution in [1.29, 1.82) is 0 Å². The molecule has 24 heteroatoms. The van der Waals surface area contributed by atoms with E-state index in [1.807, 2.05) is 0 Å². The maximum Gasteiger partial charge on any atom is 0.265 e. The average Bonchev–Trinajstić information content (AvgIpc) is 3.82. The number of phenols is 1. The zero-order valence-corrected chi connectivity index (χ0v) is 39.4. The van der Waals surface area contributed by atoms with Gasteiger partial charge in [-0.1, -0.05) is 41.9 Å². The van der Waals surface area contributed by atoms with Crippen LogP contribution in [0.5, 0.6) is 28.9 Å². The Balaban J connectivity index is 1.18. The Morgan fingerprint density at radius 2 is 1.12 bits per heavy atom. The number of aromatic nitrogens is 2. The van der Waals surface area contributed by atoms with Crippen LogP contribution in [-0.2, 0) is 40.1 Å². The van der Waals surface area contributed by atoms with Crippen LogP contribution in [0.4, 0.5) is 21.6 Å². The molecule has 18 nitrogen and oxygen atoms in total. The number of phenolic OH excluding ortho intramolecular Hbond substituents is 1. The SMILES string of the molecule is COc1ccc(-c2sc(NS(C)(=O)=O)nc2C)cc1S(=O)(=O)Nc1ccc(Oc2nc(NS(=O)(=O)C3CCCCC3)sc2-c2ccc(OC)c(S(=O)(=O)Nc3ccc(O)cc3)c2)cc1. The fourth-order valence-corrected chi connectivity index (χ4v) is 13.7. The highest BCUT2D eigenvalue weighted by Gasteiger charge is 2.30. The predicted octanol–water partition coefficient (Wildman–Crippen LogP) is 7.80. The smallest absolute Gasteiger partial charge is 0.265 e. The van der Waals surface area contributed by atoms with Crippen LogP contribution < -0.4 is 33.1 Å². The molecule has 4 aromatic carbocycles. The van der Waals surface area contributed by atoms with Gasteiger partial charge in [-0.25, -0.2) is 38.7 Å². The van der Waals surface area contributed by atoms with Crippen LogP contribution in [0.15, 0.2) is 94.7 Å². The molecule has 0 unspecified atom stereocenters. The van der Waals surface area contributed by atoms with Crippen LogP contribution in [-0.4, -0.2) is 74.5 Å². The molecule has 2 aromatic heterocycles. The van der Waals surface area contributed by atoms with Gasteiger partial charge in [0.25, 0.3) is 20.0 Å². The summed E-state index contributed by atoms with van der Waals surface area (Å²) < 4.78 is 133. The van der Waals surface area contributed by atoms with Gasteiger partial charge in [0.15, 0.2) is 5.13 Å². The van der Waals surface area contributed by atoms with Crippen LogP contribution in [0, 0.1) is 6.92 Å². The van der Waals surface area contributed by atoms with Crippen molar-refractivity contribution in [2.75, 3.05) is 39.4 Å². The Morgan fingerprint density at radius 1 is 0.625 bits per heavy atom. The predicted molar refractivity (Wildman–Crippen MR) is 247 cm³/mol. The van der Waals surface area contributed by atoms with Gasteiger partial charge >= 0.3 is 0 Å². The summed E-state index contributed by atoms with van der Waals surface area (Å²) in [7, 11) is -13.4. The lowest BCUT2D eigenvalue weighted by molar-refractivity contribution is 0.403. The number of methoxy groups -OCH3 is 2. The van der Waals surface area contributed by atoms with Crippen molar-refractivity contribution in [3.8, 4) is 49.8 Å². The number of rotatable bonds is 17. The lowest BCUT2D eigenvalue weighted by Crippen LogP contribution is -2.29. The number of sulfonamides is 4. The molecular weight excluding hydrogens is 949 g/mol. The molecule has 0 saturated heterocycles. The molecule has 7 rings (SSSR count). The summed E-state index contributed by atoms with van der Waals surface area (Å²) in [6.07, 6.45) is 4.49. The van der Waals surface area contributed by atoms with Gasteiger partial charge in [0.1, 0.15) is 37.7 Å². The van der Waals surface area contributed by atoms with Gasteiger partial charge < -0.3 is 19.3 Å². The largest absolute Gasteiger partial charge is 0.508 e. The van der Waals surface area contributed by atoms with E-state index >= 15 is 0 Å². The Morgan fingerprint density at radius 3 is 1.66 bits per heavy atom. The lowest BCUT2D eigenvalue weighted by Gasteiger charge is -2.21. The normalized spacial score (nSPS) is 13.8. The highest BCUT2D eigenvalue weighted by molar-refractivity contribution is 7.94. The maximum atomic E-state index is 13.9. The number of benzene rings is 4. The van der Waals surface area contributed by atoms with E-state index < -0.39 is 45.3 Å². The maximum absolute atomic E-state index is 13.9. The number of hydrogen-bond acceptors (Lipinski definition) is 16. The summed E-state index contributed by atoms with van der Waals surface area (Å²) in [5.74, 6) is 0.0984. The van der Waals surface area contributed by atoms with E-state index in [0.29, 0.717) is 34.5 Å². The molecule has 0 spiro atoms. The van der Waals surface area contributed by atoms with Crippen LogP contribution in [0.2, 0.25) is 0 Å². The first kappa shape index (κ1) is 46.3. The standard InChI is InChI=1S/C40H42N6O12S6/c1-24-36(59-39(41-24)45-61(4,48)49)25-10-20-32(56-2)34(22-25)63(52,53)44-28-14-18-30(19-15-28)58-38-37(60-40(42-38)46-62(50,51)31-8-6-5-7-9-31)26-11-21-33(57-3)35(23-26)64(54,55)43-27-12-16-29(47)17-13-27/h10-23,31,43-44,47H,5-9H2,1-4H3,(H,41,45)(H,42,46). The van der Waals surface area contributed by atoms with E-state index in [0.717, 1.165) is 48.2 Å². The highest BCUT2D eigenvalue weighted by Crippen LogP contribution is 2.44. The van der Waals surface area contributed by atoms with Crippen LogP contribution in [0.1, 0.15) is 37.8 Å². The molecule has 1 fully saturated rings. The third-order valence-corrected chi connectivity index (χ3v) is 17.3. The van der Waals surface area contributed by atoms with Gasteiger partial charge in [0.05, 0.1) is 36.3 Å². The number of anilines is 4. The molecule has 5 N–H and O–H groups in total. The summed E-state index contributed by atoms with van der Waals surface area (Å²) in [6.45, 7) is 1.67. The number of thiazole rings is 2. The topological polar surface area (TPSA) is 258 Å². The third-order valence-electron chi connectivity index (χ3n) is 9.76. The van der Waals surface area contributed by atoms with Crippen molar-refractivity contribution in [2.24, 2.45) is 0 Å². The van der Waals surface area contributed by atoms with Crippen LogP contribution in [0.25, 0.3) is 20.9 Å². The van der Waals surface area contributed by atoms with Crippen molar-refractivity contribution in [2.45, 2.75) is 54.1 Å². The van der Waals surface area contributed by atoms with Gasteiger partial charge in [0, 0.05) is 11.4 Å². The second kappa shape index (κ2) is 18.4. The quantitative estimate of drug-likeness (QED) is 0.0547. The fraction of sp³-hybridized carbons (Fsp3) is 0.250. The number of nitrogens with one attached hydrogen (secondary N) is 4. The first-order valence-electron chi connectivity index (χ1n) is 19.2. The molecule has 0 aliphatic heterocycles. The number of nitrogens with zero attached hydrogens (tertiary/aromatic N) is 2. The van der Waals surface area contributed by atoms with E-state index in [4.69, 9.17) is 14.2 Å². The number of hydrogen-bond donors (Lipinski definition) is 5. The van der Waals surface area contributed by atoms with E-state index in [9.17, 15) is 38.8 Å². The Bertz CT molecular complexity index is 3130. The van der Waals surface area contributed by atoms with Crippen molar-refractivity contribution in [3.05, 3.63) is 90.6 Å². The summed E-state index contributed by atoms with van der Waals surface area (Å²) in [5, 5.41) is 9.17. The first-order valence-corrected chi connectivity index (χ1v) is 27.2. The summed E-state index contributed by atoms with van der Waals surface area (Å²) in [6, 6.07) is 20.1. The molecule has 1 aliphatic carbocycles. The minimum absolute atomic E-state index is 0.0114. The van der Waals surface area contributed by atoms with Gasteiger partial charge in [-0.2, -0.15) is 4.98 Å². The molecule has 2 heterocycles. The summed E-state index contributed by atoms with van der Waals surface area (Å²) in [5.41, 5.74) is 1.54. The Kier molecular flexibility index (Phi) is 13.4. The Labute approximate surface area is 378 Å². The molecule has 0 radical (unpaired) electrons. The van der Waals surface area contributed by atoms with Gasteiger partial charge in [-0.15, -0.1) is 0 Å². The van der Waals surface area contributed by atoms with E-state index in [-0.39, 0.29) is 65.2 Å². The monoisotopic (exact) mass is 990 g/mol. The molecule has 0 bridgehead atoms. The molecule has 0 atom stereocenters. The third kappa shape index (κ3) is 10.8. The Hall–Kier alpha value is -5.66. The highest BCUT2D eigenvalue weighted by atomic mass is 32.2. The van der Waals surface area contributed by atoms with E-state index in [1.54, 1.807) is 19.1 Å². The molecule has 340 valence electrons. The number of aromatic hydroxyl groups is 1. The minimum atomic E-state index is -4.30. The van der Waals surface area contributed by atoms with Crippen LogP contribution in [0.3, 0.4) is 0 Å².